The Kier molecular flexibility index (Phi) is 1.78. The van der Waals surface area contributed by atoms with E-state index in [0.717, 1.165) is 12.8 Å². The van der Waals surface area contributed by atoms with Crippen LogP contribution in [0.25, 0.3) is 0 Å². The fraction of sp³-hybridized carbons (Fsp3) is 1.00. The van der Waals surface area contributed by atoms with Gasteiger partial charge in [0.2, 0.25) is 0 Å². The van der Waals surface area contributed by atoms with Gasteiger partial charge in [0.05, 0.1) is 12.2 Å². The lowest BCUT2D eigenvalue weighted by Crippen LogP contribution is -2.32. The van der Waals surface area contributed by atoms with Crippen LogP contribution in [0.5, 0.6) is 0 Å². The van der Waals surface area contributed by atoms with Crippen LogP contribution in [0.4, 0.5) is 0 Å². The molecule has 1 N–H and O–H groups in total. The van der Waals surface area contributed by atoms with Gasteiger partial charge in [-0.1, -0.05) is 6.92 Å². The van der Waals surface area contributed by atoms with Gasteiger partial charge < -0.3 is 9.84 Å². The lowest BCUT2D eigenvalue weighted by molar-refractivity contribution is -0.0490. The van der Waals surface area contributed by atoms with E-state index in [1.807, 2.05) is 6.92 Å². The largest absolute Gasteiger partial charge is 0.390 e. The van der Waals surface area contributed by atoms with Crippen LogP contribution in [0.15, 0.2) is 0 Å². The van der Waals surface area contributed by atoms with Crippen molar-refractivity contribution in [3.63, 3.8) is 0 Å². The monoisotopic (exact) mass is 166 g/mol. The smallest absolute Gasteiger partial charge is 0.113 e. The van der Waals surface area contributed by atoms with Gasteiger partial charge in [0.15, 0.2) is 0 Å². The highest BCUT2D eigenvalue weighted by Crippen LogP contribution is 2.45. The van der Waals surface area contributed by atoms with Gasteiger partial charge in [0.1, 0.15) is 7.85 Å². The third kappa shape index (κ3) is 1.19. The zero-order valence-corrected chi connectivity index (χ0v) is 7.66. The number of ether oxygens (including phenoxy) is 1. The number of aliphatic hydroxyl groups is 1. The molecule has 0 aromatic rings. The Balaban J connectivity index is 2.11. The first kappa shape index (κ1) is 8.58. The van der Waals surface area contributed by atoms with E-state index >= 15 is 0 Å². The molecule has 1 aliphatic heterocycles. The van der Waals surface area contributed by atoms with Crippen LogP contribution in [0, 0.1) is 11.8 Å². The minimum atomic E-state index is -0.504. The molecule has 2 aliphatic rings. The van der Waals surface area contributed by atoms with Crippen molar-refractivity contribution in [1.82, 2.24) is 0 Å². The summed E-state index contributed by atoms with van der Waals surface area (Å²) in [5, 5.41) is 9.72. The maximum absolute atomic E-state index is 9.72. The number of hydrogen-bond acceptors (Lipinski definition) is 2. The summed E-state index contributed by atoms with van der Waals surface area (Å²) < 4.78 is 5.58. The Morgan fingerprint density at radius 2 is 2.25 bits per heavy atom. The van der Waals surface area contributed by atoms with Crippen molar-refractivity contribution in [2.24, 2.45) is 11.8 Å². The van der Waals surface area contributed by atoms with Crippen molar-refractivity contribution in [3.8, 4) is 0 Å². The van der Waals surface area contributed by atoms with Gasteiger partial charge in [0, 0.05) is 5.50 Å². The summed E-state index contributed by atoms with van der Waals surface area (Å²) in [5.41, 5.74) is -0.504. The molecule has 1 saturated heterocycles. The topological polar surface area (TPSA) is 29.5 Å². The first-order valence-corrected chi connectivity index (χ1v) is 4.64. The second-order valence-corrected chi connectivity index (χ2v) is 4.56. The van der Waals surface area contributed by atoms with Crippen LogP contribution in [0.2, 0.25) is 0 Å². The lowest BCUT2D eigenvalue weighted by atomic mass is 9.78. The highest BCUT2D eigenvalue weighted by Gasteiger charge is 2.49. The van der Waals surface area contributed by atoms with E-state index < -0.39 is 5.50 Å². The quantitative estimate of drug-likeness (QED) is 0.536. The van der Waals surface area contributed by atoms with Crippen molar-refractivity contribution < 1.29 is 9.84 Å². The molecular formula is C9H15BO2. The minimum Gasteiger partial charge on any atom is -0.390 e. The van der Waals surface area contributed by atoms with E-state index in [-0.39, 0.29) is 12.2 Å². The fourth-order valence-electron chi connectivity index (χ4n) is 2.60. The Bertz CT molecular complexity index is 193. The van der Waals surface area contributed by atoms with Crippen molar-refractivity contribution in [1.29, 1.82) is 0 Å². The van der Waals surface area contributed by atoms with Crippen LogP contribution < -0.4 is 0 Å². The van der Waals surface area contributed by atoms with Crippen LogP contribution in [0.1, 0.15) is 26.7 Å². The number of hydrogen-bond donors (Lipinski definition) is 1. The normalized spacial score (nSPS) is 58.9. The van der Waals surface area contributed by atoms with Crippen molar-refractivity contribution in [2.45, 2.75) is 44.4 Å². The number of aliphatic hydroxyl groups excluding tert-OH is 1. The Hall–Kier alpha value is -0.0151. The summed E-state index contributed by atoms with van der Waals surface area (Å²) in [5.74, 6) is 0.848. The molecule has 2 nitrogen and oxygen atoms in total. The molecule has 1 saturated carbocycles. The summed E-state index contributed by atoms with van der Waals surface area (Å²) in [6.45, 7) is 3.96. The molecule has 2 rings (SSSR count). The molecule has 2 fully saturated rings. The highest BCUT2D eigenvalue weighted by molar-refractivity contribution is 6.14. The Morgan fingerprint density at radius 1 is 1.58 bits per heavy atom. The molecule has 1 heterocycles. The summed E-state index contributed by atoms with van der Waals surface area (Å²) in [6, 6.07) is 0. The number of rotatable bonds is 0. The van der Waals surface area contributed by atoms with E-state index in [4.69, 9.17) is 12.6 Å². The minimum absolute atomic E-state index is 0.00463. The summed E-state index contributed by atoms with van der Waals surface area (Å²) in [7, 11) is 5.84. The zero-order valence-electron chi connectivity index (χ0n) is 7.66. The molecule has 0 amide bonds. The average Bonchev–Trinajstić information content (AvgIpc) is 2.33. The van der Waals surface area contributed by atoms with Crippen LogP contribution >= 0.6 is 0 Å². The van der Waals surface area contributed by atoms with E-state index in [2.05, 4.69) is 6.92 Å². The standard InChI is InChI=1S/C9H15BO2/c1-5-3-6-4-9(2,10)12-8(6)7(5)11/h5-8,11H,3-4H2,1-2H3. The van der Waals surface area contributed by atoms with E-state index in [1.54, 1.807) is 0 Å². The predicted molar refractivity (Wildman–Crippen MR) is 46.9 cm³/mol. The molecule has 12 heavy (non-hydrogen) atoms. The van der Waals surface area contributed by atoms with Crippen molar-refractivity contribution in [3.05, 3.63) is 0 Å². The van der Waals surface area contributed by atoms with Gasteiger partial charge in [-0.2, -0.15) is 0 Å². The van der Waals surface area contributed by atoms with Gasteiger partial charge >= 0.3 is 0 Å². The first-order chi connectivity index (χ1) is 5.49. The molecule has 0 aromatic heterocycles. The molecule has 66 valence electrons. The zero-order chi connectivity index (χ0) is 8.93. The Morgan fingerprint density at radius 3 is 2.83 bits per heavy atom. The summed E-state index contributed by atoms with van der Waals surface area (Å²) in [6.07, 6.45) is 1.63. The Labute approximate surface area is 74.7 Å². The summed E-state index contributed by atoms with van der Waals surface area (Å²) in [4.78, 5) is 0. The summed E-state index contributed by atoms with van der Waals surface area (Å²) >= 11 is 0. The van der Waals surface area contributed by atoms with Gasteiger partial charge in [-0.15, -0.1) is 0 Å². The van der Waals surface area contributed by atoms with E-state index in [9.17, 15) is 5.11 Å². The first-order valence-electron chi connectivity index (χ1n) is 4.64. The molecular weight excluding hydrogens is 151 g/mol. The van der Waals surface area contributed by atoms with E-state index in [0.29, 0.717) is 11.8 Å². The number of fused-ring (bicyclic) bond motifs is 1. The average molecular weight is 166 g/mol. The van der Waals surface area contributed by atoms with Crippen molar-refractivity contribution in [2.75, 3.05) is 0 Å². The third-order valence-electron chi connectivity index (χ3n) is 3.13. The maximum Gasteiger partial charge on any atom is 0.113 e. The van der Waals surface area contributed by atoms with Crippen LogP contribution in [-0.4, -0.2) is 30.7 Å². The van der Waals surface area contributed by atoms with Crippen molar-refractivity contribution >= 4 is 7.85 Å². The SMILES string of the molecule is [B]C1(C)CC2CC(C)C(O)C2O1. The second kappa shape index (κ2) is 2.49. The van der Waals surface area contributed by atoms with Gasteiger partial charge in [0.25, 0.3) is 0 Å². The molecule has 3 heteroatoms. The predicted octanol–water partition coefficient (Wildman–Crippen LogP) is 0.677. The molecule has 5 unspecified atom stereocenters. The fourth-order valence-corrected chi connectivity index (χ4v) is 2.60. The highest BCUT2D eigenvalue weighted by atomic mass is 16.5. The lowest BCUT2D eigenvalue weighted by Gasteiger charge is -2.23. The molecule has 0 bridgehead atoms. The molecule has 2 radical (unpaired) electrons. The maximum atomic E-state index is 9.72. The molecule has 5 atom stereocenters. The van der Waals surface area contributed by atoms with E-state index in [1.165, 1.54) is 0 Å². The van der Waals surface area contributed by atoms with Gasteiger partial charge in [-0.05, 0) is 31.6 Å². The second-order valence-electron chi connectivity index (χ2n) is 4.56. The molecule has 0 aromatic carbocycles. The van der Waals surface area contributed by atoms with Crippen LogP contribution in [-0.2, 0) is 4.74 Å². The molecule has 1 aliphatic carbocycles. The van der Waals surface area contributed by atoms with Gasteiger partial charge in [-0.25, -0.2) is 0 Å². The van der Waals surface area contributed by atoms with Gasteiger partial charge in [-0.3, -0.25) is 0 Å². The molecule has 0 spiro atoms. The third-order valence-corrected chi connectivity index (χ3v) is 3.13. The van der Waals surface area contributed by atoms with Crippen LogP contribution in [0.3, 0.4) is 0 Å².